The number of nitrogens with zero attached hydrogens (tertiary/aromatic N) is 3. The fourth-order valence-corrected chi connectivity index (χ4v) is 5.39. The molecule has 160 valence electrons. The molecule has 1 aromatic carbocycles. The summed E-state index contributed by atoms with van der Waals surface area (Å²) in [6, 6.07) is 15.8. The summed E-state index contributed by atoms with van der Waals surface area (Å²) in [7, 11) is 0. The number of thiophene rings is 1. The van der Waals surface area contributed by atoms with Crippen LogP contribution in [0.25, 0.3) is 21.7 Å². The maximum Gasteiger partial charge on any atom is 0.255 e. The van der Waals surface area contributed by atoms with E-state index in [-0.39, 0.29) is 5.56 Å². The second-order valence-corrected chi connectivity index (χ2v) is 9.60. The summed E-state index contributed by atoms with van der Waals surface area (Å²) in [5.74, 6) is 1.53. The molecule has 0 radical (unpaired) electrons. The lowest BCUT2D eigenvalue weighted by Gasteiger charge is -2.26. The number of H-pyrrole nitrogens is 2. The van der Waals surface area contributed by atoms with Crippen molar-refractivity contribution >= 4 is 34.1 Å². The fourth-order valence-electron chi connectivity index (χ4n) is 3.94. The molecule has 1 aliphatic heterocycles. The summed E-state index contributed by atoms with van der Waals surface area (Å²) in [4.78, 5) is 31.5. The number of fused-ring (bicyclic) bond motifs is 2. The van der Waals surface area contributed by atoms with Crippen LogP contribution in [0.2, 0.25) is 0 Å². The summed E-state index contributed by atoms with van der Waals surface area (Å²) in [5, 5.41) is 3.58. The van der Waals surface area contributed by atoms with Crippen LogP contribution >= 0.6 is 23.1 Å². The number of para-hydroxylation sites is 2. The number of furan rings is 1. The second kappa shape index (κ2) is 8.09. The van der Waals surface area contributed by atoms with E-state index >= 15 is 0 Å². The van der Waals surface area contributed by atoms with Crippen molar-refractivity contribution in [1.29, 1.82) is 0 Å². The number of aromatic nitrogens is 4. The molecule has 7 nitrogen and oxygen atoms in total. The van der Waals surface area contributed by atoms with Crippen LogP contribution in [0.1, 0.15) is 17.0 Å². The zero-order valence-electron chi connectivity index (χ0n) is 17.0. The van der Waals surface area contributed by atoms with Crippen molar-refractivity contribution in [3.63, 3.8) is 0 Å². The van der Waals surface area contributed by atoms with Gasteiger partial charge < -0.3 is 14.4 Å². The van der Waals surface area contributed by atoms with Gasteiger partial charge in [-0.1, -0.05) is 18.2 Å². The molecule has 2 N–H and O–H groups in total. The molecule has 0 atom stereocenters. The van der Waals surface area contributed by atoms with Gasteiger partial charge in [0.1, 0.15) is 5.76 Å². The van der Waals surface area contributed by atoms with E-state index in [0.717, 1.165) is 56.1 Å². The van der Waals surface area contributed by atoms with Crippen molar-refractivity contribution < 1.29 is 4.42 Å². The third-order valence-corrected chi connectivity index (χ3v) is 7.17. The Morgan fingerprint density at radius 2 is 2.03 bits per heavy atom. The first-order chi connectivity index (χ1) is 15.7. The van der Waals surface area contributed by atoms with E-state index < -0.39 is 0 Å². The van der Waals surface area contributed by atoms with Gasteiger partial charge in [-0.2, -0.15) is 0 Å². The Morgan fingerprint density at radius 3 is 2.91 bits per heavy atom. The highest BCUT2D eigenvalue weighted by Crippen LogP contribution is 2.30. The van der Waals surface area contributed by atoms with Crippen LogP contribution in [0.15, 0.2) is 73.4 Å². The first-order valence-electron chi connectivity index (χ1n) is 10.3. The third kappa shape index (κ3) is 3.79. The lowest BCUT2D eigenvalue weighted by molar-refractivity contribution is 0.217. The Labute approximate surface area is 191 Å². The number of hydrogen-bond donors (Lipinski definition) is 2. The molecule has 9 heteroatoms. The Kier molecular flexibility index (Phi) is 4.94. The first kappa shape index (κ1) is 19.5. The van der Waals surface area contributed by atoms with E-state index in [9.17, 15) is 4.79 Å². The molecule has 0 bridgehead atoms. The van der Waals surface area contributed by atoms with Gasteiger partial charge in [0.25, 0.3) is 5.56 Å². The Bertz CT molecular complexity index is 1420. The third-order valence-electron chi connectivity index (χ3n) is 5.48. The topological polar surface area (TPSA) is 90.8 Å². The van der Waals surface area contributed by atoms with Gasteiger partial charge in [-0.3, -0.25) is 9.69 Å². The molecule has 1 aliphatic rings. The summed E-state index contributed by atoms with van der Waals surface area (Å²) < 4.78 is 6.03. The molecule has 5 aromatic rings. The van der Waals surface area contributed by atoms with Crippen molar-refractivity contribution in [2.75, 3.05) is 6.54 Å². The van der Waals surface area contributed by atoms with E-state index in [1.54, 1.807) is 11.3 Å². The van der Waals surface area contributed by atoms with Gasteiger partial charge in [0.05, 0.1) is 33.7 Å². The molecule has 0 unspecified atom stereocenters. The summed E-state index contributed by atoms with van der Waals surface area (Å²) in [5.41, 5.74) is 3.54. The summed E-state index contributed by atoms with van der Waals surface area (Å²) in [6.45, 7) is 2.04. The van der Waals surface area contributed by atoms with Gasteiger partial charge in [-0.25, -0.2) is 9.97 Å². The predicted molar refractivity (Wildman–Crippen MR) is 125 cm³/mol. The number of imidazole rings is 1. The molecule has 0 amide bonds. The van der Waals surface area contributed by atoms with Crippen molar-refractivity contribution in [1.82, 2.24) is 24.8 Å². The van der Waals surface area contributed by atoms with E-state index in [4.69, 9.17) is 9.40 Å². The molecule has 4 aromatic heterocycles. The normalized spacial score (nSPS) is 14.1. The van der Waals surface area contributed by atoms with Crippen molar-refractivity contribution in [3.05, 3.63) is 81.3 Å². The minimum absolute atomic E-state index is 0.0522. The number of hydrogen-bond acceptors (Lipinski definition) is 7. The van der Waals surface area contributed by atoms with Crippen LogP contribution in [0.3, 0.4) is 0 Å². The maximum atomic E-state index is 12.7. The van der Waals surface area contributed by atoms with Crippen LogP contribution in [0.4, 0.5) is 0 Å². The second-order valence-electron chi connectivity index (χ2n) is 7.66. The Hall–Kier alpha value is -3.14. The van der Waals surface area contributed by atoms with Gasteiger partial charge in [0, 0.05) is 19.5 Å². The molecule has 0 spiro atoms. The van der Waals surface area contributed by atoms with Crippen molar-refractivity contribution in [2.24, 2.45) is 0 Å². The van der Waals surface area contributed by atoms with E-state index in [1.165, 1.54) is 11.8 Å². The van der Waals surface area contributed by atoms with Crippen LogP contribution in [0, 0.1) is 0 Å². The molecule has 5 heterocycles. The number of rotatable bonds is 5. The van der Waals surface area contributed by atoms with Gasteiger partial charge in [-0.15, -0.1) is 11.3 Å². The largest absolute Gasteiger partial charge is 0.453 e. The number of aromatic amines is 2. The number of benzene rings is 1. The van der Waals surface area contributed by atoms with E-state index in [0.29, 0.717) is 18.9 Å². The molecule has 32 heavy (non-hydrogen) atoms. The quantitative estimate of drug-likeness (QED) is 0.395. The zero-order valence-corrected chi connectivity index (χ0v) is 18.6. The van der Waals surface area contributed by atoms with Gasteiger partial charge in [0.15, 0.2) is 16.1 Å². The minimum Gasteiger partial charge on any atom is -0.453 e. The van der Waals surface area contributed by atoms with Crippen LogP contribution in [0.5, 0.6) is 0 Å². The number of nitrogens with one attached hydrogen (secondary N) is 2. The Balaban J connectivity index is 1.15. The van der Waals surface area contributed by atoms with E-state index in [1.807, 2.05) is 53.9 Å². The highest BCUT2D eigenvalue weighted by atomic mass is 32.2. The lowest BCUT2D eigenvalue weighted by atomic mass is 10.1. The smallest absolute Gasteiger partial charge is 0.255 e. The molecule has 0 fully saturated rings. The van der Waals surface area contributed by atoms with Crippen LogP contribution in [-0.2, 0) is 19.5 Å². The Morgan fingerprint density at radius 1 is 1.09 bits per heavy atom. The average molecular weight is 462 g/mol. The highest BCUT2D eigenvalue weighted by Gasteiger charge is 2.22. The maximum absolute atomic E-state index is 12.7. The molecule has 6 rings (SSSR count). The standard InChI is InChI=1S/C23H19N5O2S2/c29-22-15-13-28(10-9-16(15)24-21(27-22)19-6-3-11-31-19)12-14-7-8-20(30-14)32-23-25-17-4-1-2-5-18(17)26-23/h1-8,11H,9-10,12-13H2,(H,25,26)(H,24,27,29). The summed E-state index contributed by atoms with van der Waals surface area (Å²) >= 11 is 3.05. The summed E-state index contributed by atoms with van der Waals surface area (Å²) in [6.07, 6.45) is 0.749. The van der Waals surface area contributed by atoms with Crippen molar-refractivity contribution in [2.45, 2.75) is 29.8 Å². The molecular formula is C23H19N5O2S2. The molecule has 0 aliphatic carbocycles. The first-order valence-corrected chi connectivity index (χ1v) is 12.0. The minimum atomic E-state index is -0.0522. The molecule has 0 saturated heterocycles. The van der Waals surface area contributed by atoms with Crippen LogP contribution < -0.4 is 5.56 Å². The monoisotopic (exact) mass is 461 g/mol. The SMILES string of the molecule is O=c1[nH]c(-c2cccs2)nc2c1CN(Cc1ccc(Sc3nc4ccccc4[nH]3)o1)CC2. The van der Waals surface area contributed by atoms with Crippen LogP contribution in [-0.4, -0.2) is 31.4 Å². The average Bonchev–Trinajstić information content (AvgIpc) is 3.55. The van der Waals surface area contributed by atoms with E-state index in [2.05, 4.69) is 19.9 Å². The molecule has 0 saturated carbocycles. The zero-order chi connectivity index (χ0) is 21.5. The molecular weight excluding hydrogens is 442 g/mol. The van der Waals surface area contributed by atoms with Gasteiger partial charge >= 0.3 is 0 Å². The highest BCUT2D eigenvalue weighted by molar-refractivity contribution is 7.99. The van der Waals surface area contributed by atoms with Gasteiger partial charge in [-0.05, 0) is 47.5 Å². The predicted octanol–water partition coefficient (Wildman–Crippen LogP) is 4.68. The van der Waals surface area contributed by atoms with Crippen molar-refractivity contribution in [3.8, 4) is 10.7 Å². The fraction of sp³-hybridized carbons (Fsp3) is 0.174. The van der Waals surface area contributed by atoms with Gasteiger partial charge in [0.2, 0.25) is 0 Å². The lowest BCUT2D eigenvalue weighted by Crippen LogP contribution is -2.35.